The number of hydrazine groups is 1. The van der Waals surface area contributed by atoms with Crippen LogP contribution in [0.2, 0.25) is 0 Å². The molecule has 2 amide bonds. The lowest BCUT2D eigenvalue weighted by Crippen LogP contribution is -2.48. The summed E-state index contributed by atoms with van der Waals surface area (Å²) in [5.41, 5.74) is 4.81. The Hall–Kier alpha value is -3.53. The van der Waals surface area contributed by atoms with Crippen molar-refractivity contribution < 1.29 is 19.2 Å². The van der Waals surface area contributed by atoms with E-state index in [4.69, 9.17) is 17.0 Å². The van der Waals surface area contributed by atoms with E-state index in [0.29, 0.717) is 17.9 Å². The first-order valence-corrected chi connectivity index (χ1v) is 9.06. The zero-order valence-corrected chi connectivity index (χ0v) is 16.6. The third-order valence-corrected chi connectivity index (χ3v) is 3.74. The molecule has 0 aliphatic carbocycles. The van der Waals surface area contributed by atoms with Gasteiger partial charge in [-0.15, -0.1) is 0 Å². The molecule has 2 rings (SSSR count). The molecule has 2 aromatic rings. The van der Waals surface area contributed by atoms with Crippen LogP contribution in [0.5, 0.6) is 5.75 Å². The van der Waals surface area contributed by atoms with E-state index < -0.39 is 16.7 Å². The summed E-state index contributed by atoms with van der Waals surface area (Å²) in [5.74, 6) is -0.447. The quantitative estimate of drug-likeness (QED) is 0.376. The number of nitrogens with zero attached hydrogens (tertiary/aromatic N) is 1. The fourth-order valence-electron chi connectivity index (χ4n) is 2.18. The van der Waals surface area contributed by atoms with E-state index in [1.54, 1.807) is 24.3 Å². The maximum Gasteiger partial charge on any atom is 0.270 e. The monoisotopic (exact) mass is 416 g/mol. The Morgan fingerprint density at radius 1 is 1.10 bits per heavy atom. The Balaban J connectivity index is 1.94. The number of nitrogens with one attached hydrogen (secondary N) is 3. The molecule has 0 saturated heterocycles. The number of non-ortho nitro benzene ring substituents is 1. The van der Waals surface area contributed by atoms with Gasteiger partial charge in [-0.2, -0.15) is 0 Å². The summed E-state index contributed by atoms with van der Waals surface area (Å²) in [6.07, 6.45) is 0. The van der Waals surface area contributed by atoms with Gasteiger partial charge in [0.05, 0.1) is 17.1 Å². The van der Waals surface area contributed by atoms with Crippen molar-refractivity contribution >= 4 is 34.8 Å². The third kappa shape index (κ3) is 6.54. The summed E-state index contributed by atoms with van der Waals surface area (Å²) in [7, 11) is 0. The Labute approximate surface area is 172 Å². The number of nitro benzene ring substituents is 1. The summed E-state index contributed by atoms with van der Waals surface area (Å²) in [5, 5.41) is 13.1. The van der Waals surface area contributed by atoms with Crippen LogP contribution < -0.4 is 20.9 Å². The number of carbonyl (C=O) groups excluding carboxylic acids is 2. The van der Waals surface area contributed by atoms with Gasteiger partial charge in [-0.05, 0) is 36.3 Å². The second kappa shape index (κ2) is 10.1. The standard InChI is InChI=1S/C19H20N4O5S/c1-12(2)11-28-16-9-4-3-8-15(16)18(25)20-19(29)22-21-17(24)13-6-5-7-14(10-13)23(26)27/h3-10,12H,11H2,1-2H3,(H,21,24)(H2,20,22,25,29). The molecule has 0 spiro atoms. The van der Waals surface area contributed by atoms with Crippen LogP contribution >= 0.6 is 12.2 Å². The van der Waals surface area contributed by atoms with Crippen molar-refractivity contribution in [2.24, 2.45) is 5.92 Å². The summed E-state index contributed by atoms with van der Waals surface area (Å²) in [6, 6.07) is 11.9. The highest BCUT2D eigenvalue weighted by Gasteiger charge is 2.15. The van der Waals surface area contributed by atoms with Gasteiger partial charge >= 0.3 is 0 Å². The number of thiocarbonyl (C=S) groups is 1. The second-order valence-corrected chi connectivity index (χ2v) is 6.78. The Bertz CT molecular complexity index is 932. The third-order valence-electron chi connectivity index (χ3n) is 3.54. The smallest absolute Gasteiger partial charge is 0.270 e. The first-order chi connectivity index (χ1) is 13.8. The Kier molecular flexibility index (Phi) is 7.61. The van der Waals surface area contributed by atoms with E-state index in [1.807, 2.05) is 13.8 Å². The van der Waals surface area contributed by atoms with Crippen LogP contribution in [-0.4, -0.2) is 28.5 Å². The molecule has 0 saturated carbocycles. The molecule has 0 radical (unpaired) electrons. The molecule has 0 bridgehead atoms. The summed E-state index contributed by atoms with van der Waals surface area (Å²) >= 11 is 5.01. The lowest BCUT2D eigenvalue weighted by atomic mass is 10.2. The van der Waals surface area contributed by atoms with Gasteiger partial charge in [0.1, 0.15) is 5.75 Å². The normalized spacial score (nSPS) is 10.2. The van der Waals surface area contributed by atoms with E-state index >= 15 is 0 Å². The molecule has 0 heterocycles. The second-order valence-electron chi connectivity index (χ2n) is 6.37. The maximum absolute atomic E-state index is 12.4. The van der Waals surface area contributed by atoms with Crippen molar-refractivity contribution in [3.63, 3.8) is 0 Å². The number of hydrogen-bond donors (Lipinski definition) is 3. The molecule has 0 unspecified atom stereocenters. The SMILES string of the molecule is CC(C)COc1ccccc1C(=O)NC(=S)NNC(=O)c1cccc([N+](=O)[O-])c1. The van der Waals surface area contributed by atoms with E-state index in [0.717, 1.165) is 6.07 Å². The fourth-order valence-corrected chi connectivity index (χ4v) is 2.33. The summed E-state index contributed by atoms with van der Waals surface area (Å²) in [6.45, 7) is 4.43. The summed E-state index contributed by atoms with van der Waals surface area (Å²) in [4.78, 5) is 34.7. The molecule has 10 heteroatoms. The molecular weight excluding hydrogens is 396 g/mol. The lowest BCUT2D eigenvalue weighted by Gasteiger charge is -2.14. The van der Waals surface area contributed by atoms with E-state index in [9.17, 15) is 19.7 Å². The van der Waals surface area contributed by atoms with Crippen molar-refractivity contribution in [1.82, 2.24) is 16.2 Å². The Morgan fingerprint density at radius 2 is 1.83 bits per heavy atom. The summed E-state index contributed by atoms with van der Waals surface area (Å²) < 4.78 is 5.64. The van der Waals surface area contributed by atoms with Crippen molar-refractivity contribution in [1.29, 1.82) is 0 Å². The van der Waals surface area contributed by atoms with Crippen LogP contribution in [0.1, 0.15) is 34.6 Å². The highest BCUT2D eigenvalue weighted by molar-refractivity contribution is 7.80. The first kappa shape index (κ1) is 21.8. The van der Waals surface area contributed by atoms with E-state index in [2.05, 4.69) is 16.2 Å². The molecule has 3 N–H and O–H groups in total. The maximum atomic E-state index is 12.4. The average Bonchev–Trinajstić information content (AvgIpc) is 2.70. The van der Waals surface area contributed by atoms with Gasteiger partial charge in [0.25, 0.3) is 17.5 Å². The van der Waals surface area contributed by atoms with Gasteiger partial charge in [0.15, 0.2) is 5.11 Å². The van der Waals surface area contributed by atoms with Crippen LogP contribution in [0.3, 0.4) is 0 Å². The molecule has 152 valence electrons. The van der Waals surface area contributed by atoms with Gasteiger partial charge in [0, 0.05) is 17.7 Å². The highest BCUT2D eigenvalue weighted by atomic mass is 32.1. The van der Waals surface area contributed by atoms with Crippen LogP contribution in [0, 0.1) is 16.0 Å². The fraction of sp³-hybridized carbons (Fsp3) is 0.211. The largest absolute Gasteiger partial charge is 0.492 e. The number of carbonyl (C=O) groups is 2. The number of nitro groups is 1. The lowest BCUT2D eigenvalue weighted by molar-refractivity contribution is -0.384. The predicted octanol–water partition coefficient (Wildman–Crippen LogP) is 2.58. The topological polar surface area (TPSA) is 123 Å². The zero-order chi connectivity index (χ0) is 21.4. The van der Waals surface area contributed by atoms with Gasteiger partial charge in [-0.1, -0.05) is 32.0 Å². The van der Waals surface area contributed by atoms with Crippen molar-refractivity contribution in [2.75, 3.05) is 6.61 Å². The first-order valence-electron chi connectivity index (χ1n) is 8.66. The number of ether oxygens (including phenoxy) is 1. The van der Waals surface area contributed by atoms with Crippen LogP contribution in [0.15, 0.2) is 48.5 Å². The van der Waals surface area contributed by atoms with Crippen molar-refractivity contribution in [3.05, 3.63) is 69.8 Å². The Morgan fingerprint density at radius 3 is 2.52 bits per heavy atom. The predicted molar refractivity (Wildman–Crippen MR) is 111 cm³/mol. The molecule has 0 aromatic heterocycles. The molecule has 0 aliphatic rings. The zero-order valence-electron chi connectivity index (χ0n) is 15.8. The van der Waals surface area contributed by atoms with Gasteiger partial charge < -0.3 is 4.74 Å². The molecule has 0 fully saturated rings. The molecule has 0 atom stereocenters. The number of benzene rings is 2. The van der Waals surface area contributed by atoms with E-state index in [1.165, 1.54) is 18.2 Å². The van der Waals surface area contributed by atoms with E-state index in [-0.39, 0.29) is 22.3 Å². The molecule has 2 aromatic carbocycles. The molecule has 9 nitrogen and oxygen atoms in total. The van der Waals surface area contributed by atoms with Crippen molar-refractivity contribution in [3.8, 4) is 5.75 Å². The minimum Gasteiger partial charge on any atom is -0.492 e. The molecule has 0 aliphatic heterocycles. The number of amides is 2. The average molecular weight is 416 g/mol. The molecular formula is C19H20N4O5S. The minimum absolute atomic E-state index is 0.0632. The van der Waals surface area contributed by atoms with Crippen LogP contribution in [0.4, 0.5) is 5.69 Å². The number of para-hydroxylation sites is 1. The minimum atomic E-state index is -0.647. The number of hydrogen-bond acceptors (Lipinski definition) is 6. The van der Waals surface area contributed by atoms with Gasteiger partial charge in [0.2, 0.25) is 0 Å². The molecule has 29 heavy (non-hydrogen) atoms. The van der Waals surface area contributed by atoms with Crippen LogP contribution in [0.25, 0.3) is 0 Å². The number of rotatable bonds is 6. The van der Waals surface area contributed by atoms with Crippen molar-refractivity contribution in [2.45, 2.75) is 13.8 Å². The van der Waals surface area contributed by atoms with Gasteiger partial charge in [-0.25, -0.2) is 0 Å². The van der Waals surface area contributed by atoms with Gasteiger partial charge in [-0.3, -0.25) is 35.9 Å². The highest BCUT2D eigenvalue weighted by Crippen LogP contribution is 2.18. The van der Waals surface area contributed by atoms with Crippen LogP contribution in [-0.2, 0) is 0 Å².